The van der Waals surface area contributed by atoms with Crippen LogP contribution in [0, 0.1) is 0 Å². The first kappa shape index (κ1) is 12.1. The Bertz CT molecular complexity index is 456. The van der Waals surface area contributed by atoms with Gasteiger partial charge < -0.3 is 9.47 Å². The largest absolute Gasteiger partial charge is 0.490 e. The molecule has 0 aromatic heterocycles. The standard InChI is InChI=1S/C12H11BrO4/c13-7-9(14)12(15)8-2-3-10-11(6-8)17-5-1-4-16-10/h2-3,6H,1,4-5,7H2. The lowest BCUT2D eigenvalue weighted by atomic mass is 10.1. The second kappa shape index (κ2) is 5.31. The van der Waals surface area contributed by atoms with Crippen LogP contribution in [0.15, 0.2) is 18.2 Å². The summed E-state index contributed by atoms with van der Waals surface area (Å²) < 4.78 is 10.9. The number of alkyl halides is 1. The van der Waals surface area contributed by atoms with Crippen molar-refractivity contribution in [2.75, 3.05) is 18.5 Å². The van der Waals surface area contributed by atoms with Gasteiger partial charge in [-0.3, -0.25) is 9.59 Å². The summed E-state index contributed by atoms with van der Waals surface area (Å²) in [6.45, 7) is 1.15. The van der Waals surface area contributed by atoms with Crippen LogP contribution in [0.25, 0.3) is 0 Å². The first-order chi connectivity index (χ1) is 8.22. The number of carbonyl (C=O) groups excluding carboxylic acids is 2. The zero-order valence-corrected chi connectivity index (χ0v) is 10.7. The van der Waals surface area contributed by atoms with Gasteiger partial charge in [0.2, 0.25) is 11.6 Å². The molecule has 1 aliphatic heterocycles. The quantitative estimate of drug-likeness (QED) is 0.486. The molecule has 0 spiro atoms. The summed E-state index contributed by atoms with van der Waals surface area (Å²) in [7, 11) is 0. The lowest BCUT2D eigenvalue weighted by Crippen LogP contribution is -2.15. The van der Waals surface area contributed by atoms with Crippen molar-refractivity contribution in [2.45, 2.75) is 6.42 Å². The molecule has 0 bridgehead atoms. The van der Waals surface area contributed by atoms with E-state index in [1.54, 1.807) is 18.2 Å². The number of rotatable bonds is 3. The molecule has 4 nitrogen and oxygen atoms in total. The van der Waals surface area contributed by atoms with Crippen molar-refractivity contribution < 1.29 is 19.1 Å². The van der Waals surface area contributed by atoms with Crippen LogP contribution >= 0.6 is 15.9 Å². The zero-order chi connectivity index (χ0) is 12.3. The molecule has 2 rings (SSSR count). The van der Waals surface area contributed by atoms with E-state index >= 15 is 0 Å². The van der Waals surface area contributed by atoms with Crippen LogP contribution in [0.5, 0.6) is 11.5 Å². The van der Waals surface area contributed by atoms with Gasteiger partial charge in [0.25, 0.3) is 0 Å². The summed E-state index contributed by atoms with van der Waals surface area (Å²) in [5.74, 6) is 0.151. The van der Waals surface area contributed by atoms with Gasteiger partial charge in [0.05, 0.1) is 18.5 Å². The topological polar surface area (TPSA) is 52.6 Å². The van der Waals surface area contributed by atoms with Crippen LogP contribution in [0.2, 0.25) is 0 Å². The smallest absolute Gasteiger partial charge is 0.229 e. The Morgan fingerprint density at radius 3 is 2.59 bits per heavy atom. The molecule has 0 saturated carbocycles. The summed E-state index contributed by atoms with van der Waals surface area (Å²) >= 11 is 2.97. The molecule has 90 valence electrons. The third kappa shape index (κ3) is 2.66. The van der Waals surface area contributed by atoms with Gasteiger partial charge in [-0.2, -0.15) is 0 Å². The molecule has 0 aliphatic carbocycles. The fourth-order valence-electron chi connectivity index (χ4n) is 1.53. The van der Waals surface area contributed by atoms with E-state index in [0.29, 0.717) is 30.3 Å². The molecule has 1 aliphatic rings. The van der Waals surface area contributed by atoms with Crippen LogP contribution < -0.4 is 9.47 Å². The van der Waals surface area contributed by atoms with E-state index in [2.05, 4.69) is 15.9 Å². The fourth-order valence-corrected chi connectivity index (χ4v) is 1.78. The third-order valence-corrected chi connectivity index (χ3v) is 2.89. The number of carbonyl (C=O) groups is 2. The highest BCUT2D eigenvalue weighted by Crippen LogP contribution is 2.30. The zero-order valence-electron chi connectivity index (χ0n) is 9.07. The Kier molecular flexibility index (Phi) is 3.78. The number of hydrogen-bond donors (Lipinski definition) is 0. The minimum absolute atomic E-state index is 0.0281. The molecule has 0 saturated heterocycles. The lowest BCUT2D eigenvalue weighted by Gasteiger charge is -2.08. The molecule has 0 fully saturated rings. The number of ether oxygens (including phenoxy) is 2. The predicted molar refractivity (Wildman–Crippen MR) is 65.2 cm³/mol. The summed E-state index contributed by atoms with van der Waals surface area (Å²) in [6, 6.07) is 4.80. The summed E-state index contributed by atoms with van der Waals surface area (Å²) in [6.07, 6.45) is 0.804. The summed E-state index contributed by atoms with van der Waals surface area (Å²) in [5, 5.41) is 0.0281. The second-order valence-corrected chi connectivity index (χ2v) is 4.16. The van der Waals surface area contributed by atoms with Crippen molar-refractivity contribution in [2.24, 2.45) is 0 Å². The van der Waals surface area contributed by atoms with Crippen molar-refractivity contribution in [1.82, 2.24) is 0 Å². The monoisotopic (exact) mass is 298 g/mol. The van der Waals surface area contributed by atoms with Crippen molar-refractivity contribution in [3.8, 4) is 11.5 Å². The van der Waals surface area contributed by atoms with Crippen molar-refractivity contribution in [1.29, 1.82) is 0 Å². The first-order valence-electron chi connectivity index (χ1n) is 5.25. The molecule has 0 radical (unpaired) electrons. The maximum absolute atomic E-state index is 11.7. The Morgan fingerprint density at radius 2 is 1.88 bits per heavy atom. The van der Waals surface area contributed by atoms with E-state index in [1.165, 1.54) is 0 Å². The van der Waals surface area contributed by atoms with Crippen molar-refractivity contribution in [3.05, 3.63) is 23.8 Å². The number of hydrogen-bond acceptors (Lipinski definition) is 4. The molecule has 0 atom stereocenters. The second-order valence-electron chi connectivity index (χ2n) is 3.60. The van der Waals surface area contributed by atoms with E-state index < -0.39 is 11.6 Å². The molecule has 1 aromatic rings. The Labute approximate surface area is 107 Å². The Hall–Kier alpha value is -1.36. The van der Waals surface area contributed by atoms with Crippen LogP contribution in [0.3, 0.4) is 0 Å². The minimum atomic E-state index is -0.516. The first-order valence-corrected chi connectivity index (χ1v) is 6.37. The van der Waals surface area contributed by atoms with Gasteiger partial charge in [-0.25, -0.2) is 0 Å². The van der Waals surface area contributed by atoms with Gasteiger partial charge in [0.15, 0.2) is 11.5 Å². The number of Topliss-reactive ketones (excluding diaryl/α,β-unsaturated/α-hetero) is 2. The van der Waals surface area contributed by atoms with E-state index in [9.17, 15) is 9.59 Å². The van der Waals surface area contributed by atoms with Crippen molar-refractivity contribution >= 4 is 27.5 Å². The van der Waals surface area contributed by atoms with Gasteiger partial charge >= 0.3 is 0 Å². The highest BCUT2D eigenvalue weighted by Gasteiger charge is 2.18. The Morgan fingerprint density at radius 1 is 1.18 bits per heavy atom. The van der Waals surface area contributed by atoms with Crippen molar-refractivity contribution in [3.63, 3.8) is 0 Å². The van der Waals surface area contributed by atoms with E-state index in [1.807, 2.05) is 0 Å². The maximum atomic E-state index is 11.7. The van der Waals surface area contributed by atoms with Crippen LogP contribution in [-0.4, -0.2) is 30.1 Å². The van der Waals surface area contributed by atoms with Gasteiger partial charge in [-0.1, -0.05) is 15.9 Å². The summed E-state index contributed by atoms with van der Waals surface area (Å²) in [5.41, 5.74) is 0.332. The van der Waals surface area contributed by atoms with Gasteiger partial charge in [-0.05, 0) is 18.2 Å². The van der Waals surface area contributed by atoms with Crippen LogP contribution in [0.4, 0.5) is 0 Å². The van der Waals surface area contributed by atoms with Gasteiger partial charge in [-0.15, -0.1) is 0 Å². The molecular weight excluding hydrogens is 288 g/mol. The van der Waals surface area contributed by atoms with E-state index in [4.69, 9.17) is 9.47 Å². The molecule has 0 amide bonds. The average Bonchev–Trinajstić information content (AvgIpc) is 2.61. The highest BCUT2D eigenvalue weighted by atomic mass is 79.9. The fraction of sp³-hybridized carbons (Fsp3) is 0.333. The normalized spacial score (nSPS) is 13.9. The average molecular weight is 299 g/mol. The highest BCUT2D eigenvalue weighted by molar-refractivity contribution is 9.09. The van der Waals surface area contributed by atoms with Gasteiger partial charge in [0, 0.05) is 12.0 Å². The molecular formula is C12H11BrO4. The number of benzene rings is 1. The van der Waals surface area contributed by atoms with E-state index in [-0.39, 0.29) is 5.33 Å². The molecule has 0 N–H and O–H groups in total. The summed E-state index contributed by atoms with van der Waals surface area (Å²) in [4.78, 5) is 23.0. The predicted octanol–water partition coefficient (Wildman–Crippen LogP) is 1.99. The number of halogens is 1. The maximum Gasteiger partial charge on any atom is 0.229 e. The lowest BCUT2D eigenvalue weighted by molar-refractivity contribution is -0.112. The Balaban J connectivity index is 2.29. The molecule has 0 unspecified atom stereocenters. The van der Waals surface area contributed by atoms with E-state index in [0.717, 1.165) is 6.42 Å². The van der Waals surface area contributed by atoms with Crippen LogP contribution in [0.1, 0.15) is 16.8 Å². The van der Waals surface area contributed by atoms with Gasteiger partial charge in [0.1, 0.15) is 0 Å². The number of ketones is 2. The molecule has 5 heteroatoms. The third-order valence-electron chi connectivity index (χ3n) is 2.38. The number of fused-ring (bicyclic) bond motifs is 1. The minimum Gasteiger partial charge on any atom is -0.490 e. The SMILES string of the molecule is O=C(CBr)C(=O)c1ccc2c(c1)OCCCO2. The molecule has 1 aromatic carbocycles. The molecule has 17 heavy (non-hydrogen) atoms. The van der Waals surface area contributed by atoms with Crippen LogP contribution in [-0.2, 0) is 4.79 Å². The molecule has 1 heterocycles.